The molecule has 3 aromatic carbocycles. The summed E-state index contributed by atoms with van der Waals surface area (Å²) >= 11 is 6.08. The van der Waals surface area contributed by atoms with E-state index in [1.165, 1.54) is 12.1 Å². The van der Waals surface area contributed by atoms with Crippen LogP contribution in [0.4, 0.5) is 4.39 Å². The number of imidazole rings is 1. The van der Waals surface area contributed by atoms with Gasteiger partial charge in [0.05, 0.1) is 16.7 Å². The van der Waals surface area contributed by atoms with Crippen molar-refractivity contribution in [1.29, 1.82) is 0 Å². The minimum Gasteiger partial charge on any atom is -0.384 e. The second kappa shape index (κ2) is 10.8. The molecular weight excluding hydrogens is 491 g/mol. The first-order valence-electron chi connectivity index (χ1n) is 11.9. The molecule has 0 radical (unpaired) electrons. The van der Waals surface area contributed by atoms with Gasteiger partial charge in [-0.2, -0.15) is 0 Å². The summed E-state index contributed by atoms with van der Waals surface area (Å²) in [6.45, 7) is 0.857. The van der Waals surface area contributed by atoms with Crippen LogP contribution in [-0.4, -0.2) is 28.2 Å². The number of rotatable bonds is 8. The summed E-state index contributed by atoms with van der Waals surface area (Å²) in [5, 5.41) is 6.89. The lowest BCUT2D eigenvalue weighted by molar-refractivity contribution is -0.113. The Hall–Kier alpha value is -4.23. The first-order valence-corrected chi connectivity index (χ1v) is 12.3. The summed E-state index contributed by atoms with van der Waals surface area (Å²) in [4.78, 5) is 33.8. The van der Waals surface area contributed by atoms with Crippen molar-refractivity contribution in [3.8, 4) is 0 Å². The molecule has 8 heteroatoms. The Balaban J connectivity index is 1.38. The standard InChI is InChI=1S/C29H24ClFN4O2/c30-20-5-1-4-18(16-20)14-15-32-23-7-3-9-25(36)26(23)28-34-24-8-2-6-22(27(24)35-28)29(37)33-17-19-10-12-21(31)13-11-19/h1-8,10-13,16,32H,9,14-15,17H2,(H,33,37)(H,34,35). The topological polar surface area (TPSA) is 86.9 Å². The average molecular weight is 515 g/mol. The molecule has 1 aliphatic rings. The molecule has 1 aromatic heterocycles. The number of aromatic nitrogens is 2. The summed E-state index contributed by atoms with van der Waals surface area (Å²) in [6, 6.07) is 18.9. The number of amides is 1. The van der Waals surface area contributed by atoms with Crippen molar-refractivity contribution in [1.82, 2.24) is 20.6 Å². The number of carbonyl (C=O) groups is 2. The van der Waals surface area contributed by atoms with Crippen LogP contribution in [0.1, 0.15) is 33.7 Å². The third-order valence-corrected chi connectivity index (χ3v) is 6.35. The molecule has 186 valence electrons. The van der Waals surface area contributed by atoms with Crippen molar-refractivity contribution in [3.63, 3.8) is 0 Å². The maximum absolute atomic E-state index is 13.2. The highest BCUT2D eigenvalue weighted by Crippen LogP contribution is 2.26. The molecule has 1 heterocycles. The van der Waals surface area contributed by atoms with E-state index in [0.717, 1.165) is 17.5 Å². The molecule has 0 saturated heterocycles. The van der Waals surface area contributed by atoms with Gasteiger partial charge in [-0.25, -0.2) is 9.37 Å². The number of hydrogen-bond acceptors (Lipinski definition) is 4. The zero-order valence-electron chi connectivity index (χ0n) is 19.9. The molecule has 37 heavy (non-hydrogen) atoms. The van der Waals surface area contributed by atoms with Gasteiger partial charge in [0.2, 0.25) is 0 Å². The molecule has 0 bridgehead atoms. The van der Waals surface area contributed by atoms with E-state index in [1.807, 2.05) is 42.5 Å². The summed E-state index contributed by atoms with van der Waals surface area (Å²) in [7, 11) is 0. The van der Waals surface area contributed by atoms with E-state index in [9.17, 15) is 14.0 Å². The SMILES string of the molecule is O=C1CC=CC(NCCc2cccc(Cl)c2)=C1c1nc2c(C(=O)NCc3ccc(F)cc3)cccc2[nH]1. The van der Waals surface area contributed by atoms with Gasteiger partial charge in [0.1, 0.15) is 17.2 Å². The Morgan fingerprint density at radius 1 is 1.05 bits per heavy atom. The van der Waals surface area contributed by atoms with Gasteiger partial charge in [-0.3, -0.25) is 9.59 Å². The molecule has 0 saturated carbocycles. The van der Waals surface area contributed by atoms with Gasteiger partial charge < -0.3 is 15.6 Å². The zero-order valence-corrected chi connectivity index (χ0v) is 20.6. The van der Waals surface area contributed by atoms with Crippen LogP contribution in [0.25, 0.3) is 16.6 Å². The maximum Gasteiger partial charge on any atom is 0.253 e. The summed E-state index contributed by atoms with van der Waals surface area (Å²) < 4.78 is 13.2. The molecule has 5 rings (SSSR count). The number of fused-ring (bicyclic) bond motifs is 1. The molecule has 0 spiro atoms. The number of carbonyl (C=O) groups excluding carboxylic acids is 2. The highest BCUT2D eigenvalue weighted by atomic mass is 35.5. The smallest absolute Gasteiger partial charge is 0.253 e. The Bertz CT molecular complexity index is 1540. The lowest BCUT2D eigenvalue weighted by atomic mass is 10.00. The molecule has 3 N–H and O–H groups in total. The number of H-pyrrole nitrogens is 1. The van der Waals surface area contributed by atoms with Gasteiger partial charge >= 0.3 is 0 Å². The fourth-order valence-corrected chi connectivity index (χ4v) is 4.49. The van der Waals surface area contributed by atoms with Crippen molar-refractivity contribution < 1.29 is 14.0 Å². The predicted molar refractivity (Wildman–Crippen MR) is 143 cm³/mol. The van der Waals surface area contributed by atoms with Crippen LogP contribution in [0.2, 0.25) is 5.02 Å². The summed E-state index contributed by atoms with van der Waals surface area (Å²) in [5.41, 5.74) is 4.52. The van der Waals surface area contributed by atoms with Crippen LogP contribution < -0.4 is 10.6 Å². The van der Waals surface area contributed by atoms with E-state index >= 15 is 0 Å². The van der Waals surface area contributed by atoms with Crippen molar-refractivity contribution >= 4 is 39.9 Å². The van der Waals surface area contributed by atoms with Gasteiger partial charge in [-0.15, -0.1) is 0 Å². The highest BCUT2D eigenvalue weighted by Gasteiger charge is 2.23. The van der Waals surface area contributed by atoms with Gasteiger partial charge in [0, 0.05) is 30.2 Å². The Morgan fingerprint density at radius 2 is 1.86 bits per heavy atom. The van der Waals surface area contributed by atoms with Gasteiger partial charge in [-0.1, -0.05) is 48.0 Å². The average Bonchev–Trinajstić information content (AvgIpc) is 3.32. The fourth-order valence-electron chi connectivity index (χ4n) is 4.27. The Kier molecular flexibility index (Phi) is 7.14. The van der Waals surface area contributed by atoms with Crippen LogP contribution in [0.5, 0.6) is 0 Å². The zero-order chi connectivity index (χ0) is 25.8. The van der Waals surface area contributed by atoms with Gasteiger partial charge in [-0.05, 0) is 60.0 Å². The number of nitrogens with one attached hydrogen (secondary N) is 3. The predicted octanol–water partition coefficient (Wildman–Crippen LogP) is 5.36. The highest BCUT2D eigenvalue weighted by molar-refractivity contribution is 6.30. The number of nitrogens with zero attached hydrogens (tertiary/aromatic N) is 1. The van der Waals surface area contributed by atoms with Crippen molar-refractivity contribution in [2.24, 2.45) is 0 Å². The first-order chi connectivity index (χ1) is 18.0. The van der Waals surface area contributed by atoms with E-state index < -0.39 is 0 Å². The maximum atomic E-state index is 13.2. The number of benzene rings is 3. The van der Waals surface area contributed by atoms with Crippen LogP contribution in [0.15, 0.2) is 84.6 Å². The summed E-state index contributed by atoms with van der Waals surface area (Å²) in [6.07, 6.45) is 4.72. The summed E-state index contributed by atoms with van der Waals surface area (Å²) in [5.74, 6) is -0.289. The molecule has 1 amide bonds. The quantitative estimate of drug-likeness (QED) is 0.295. The molecule has 0 unspecified atom stereocenters. The molecular formula is C29H24ClFN4O2. The number of para-hydroxylation sites is 1. The van der Waals surface area contributed by atoms with Crippen LogP contribution in [0, 0.1) is 5.82 Å². The minimum absolute atomic E-state index is 0.0610. The fraction of sp³-hybridized carbons (Fsp3) is 0.138. The molecule has 0 aliphatic heterocycles. The van der Waals surface area contributed by atoms with E-state index in [0.29, 0.717) is 45.3 Å². The van der Waals surface area contributed by atoms with E-state index in [1.54, 1.807) is 24.3 Å². The largest absolute Gasteiger partial charge is 0.384 e. The van der Waals surface area contributed by atoms with Gasteiger partial charge in [0.15, 0.2) is 5.78 Å². The number of allylic oxidation sites excluding steroid dienone is 3. The lowest BCUT2D eigenvalue weighted by Gasteiger charge is -2.15. The Morgan fingerprint density at radius 3 is 2.68 bits per heavy atom. The van der Waals surface area contributed by atoms with Crippen LogP contribution in [0.3, 0.4) is 0 Å². The minimum atomic E-state index is -0.330. The monoisotopic (exact) mass is 514 g/mol. The number of hydrogen-bond donors (Lipinski definition) is 3. The molecule has 1 aliphatic carbocycles. The van der Waals surface area contributed by atoms with Crippen LogP contribution >= 0.6 is 11.6 Å². The van der Waals surface area contributed by atoms with Gasteiger partial charge in [0.25, 0.3) is 5.91 Å². The van der Waals surface area contributed by atoms with E-state index in [2.05, 4.69) is 20.6 Å². The third-order valence-electron chi connectivity index (χ3n) is 6.11. The van der Waals surface area contributed by atoms with Crippen molar-refractivity contribution in [2.75, 3.05) is 6.54 Å². The van der Waals surface area contributed by atoms with Crippen molar-refractivity contribution in [2.45, 2.75) is 19.4 Å². The van der Waals surface area contributed by atoms with E-state index in [4.69, 9.17) is 11.6 Å². The molecule has 4 aromatic rings. The van der Waals surface area contributed by atoms with Crippen LogP contribution in [-0.2, 0) is 17.8 Å². The number of Topliss-reactive ketones (excluding diaryl/α,β-unsaturated/α-hetero) is 1. The third kappa shape index (κ3) is 5.62. The second-order valence-corrected chi connectivity index (χ2v) is 9.16. The second-order valence-electron chi connectivity index (χ2n) is 8.72. The Labute approximate surface area is 218 Å². The molecule has 6 nitrogen and oxygen atoms in total. The number of ketones is 1. The first kappa shape index (κ1) is 24.5. The molecule has 0 fully saturated rings. The molecule has 0 atom stereocenters. The van der Waals surface area contributed by atoms with E-state index in [-0.39, 0.29) is 30.5 Å². The number of halogens is 2. The number of aromatic amines is 1. The normalized spacial score (nSPS) is 13.3. The lowest BCUT2D eigenvalue weighted by Crippen LogP contribution is -2.23. The van der Waals surface area contributed by atoms with Crippen molar-refractivity contribution in [3.05, 3.63) is 118 Å².